The lowest BCUT2D eigenvalue weighted by Gasteiger charge is -2.37. The Balaban J connectivity index is 1.48. The fourth-order valence-corrected chi connectivity index (χ4v) is 6.22. The van der Waals surface area contributed by atoms with Gasteiger partial charge in [-0.05, 0) is 38.5 Å². The van der Waals surface area contributed by atoms with E-state index in [-0.39, 0.29) is 5.41 Å². The van der Waals surface area contributed by atoms with Gasteiger partial charge in [-0.1, -0.05) is 23.2 Å². The second kappa shape index (κ2) is 6.84. The number of aromatic nitrogens is 3. The molecule has 1 N–H and O–H groups in total. The highest BCUT2D eigenvalue weighted by atomic mass is 35.5. The number of fused-ring (bicyclic) bond motifs is 4. The normalized spacial score (nSPS) is 30.6. The molecule has 8 heteroatoms. The topological polar surface area (TPSA) is 90.1 Å². The van der Waals surface area contributed by atoms with Crippen LogP contribution in [0.1, 0.15) is 67.5 Å². The molecule has 7 nitrogen and oxygen atoms in total. The number of halogens is 1. The molecule has 0 radical (unpaired) electrons. The molecule has 0 amide bonds. The van der Waals surface area contributed by atoms with E-state index in [1.54, 1.807) is 0 Å². The van der Waals surface area contributed by atoms with Crippen molar-refractivity contribution in [3.63, 3.8) is 0 Å². The van der Waals surface area contributed by atoms with Gasteiger partial charge < -0.3 is 14.6 Å². The molecule has 158 valence electrons. The molecule has 30 heavy (non-hydrogen) atoms. The number of hydrogen-bond donors (Lipinski definition) is 1. The molecule has 4 aliphatic rings. The lowest BCUT2D eigenvalue weighted by Crippen LogP contribution is -2.45. The average molecular weight is 429 g/mol. The van der Waals surface area contributed by atoms with Crippen molar-refractivity contribution in [1.29, 1.82) is 0 Å². The second-order valence-corrected chi connectivity index (χ2v) is 9.61. The Morgan fingerprint density at radius 2 is 1.90 bits per heavy atom. The summed E-state index contributed by atoms with van der Waals surface area (Å²) in [7, 11) is 0. The maximum Gasteiger partial charge on any atom is 0.207 e. The van der Waals surface area contributed by atoms with E-state index in [1.165, 1.54) is 0 Å². The summed E-state index contributed by atoms with van der Waals surface area (Å²) in [6.45, 7) is 2.83. The van der Waals surface area contributed by atoms with Gasteiger partial charge in [-0.25, -0.2) is 9.97 Å². The zero-order valence-corrected chi connectivity index (χ0v) is 17.7. The zero-order valence-electron chi connectivity index (χ0n) is 16.9. The van der Waals surface area contributed by atoms with Crippen molar-refractivity contribution in [2.24, 2.45) is 0 Å². The van der Waals surface area contributed by atoms with Gasteiger partial charge in [0.1, 0.15) is 16.6 Å². The average Bonchev–Trinajstić information content (AvgIpc) is 3.40. The summed E-state index contributed by atoms with van der Waals surface area (Å²) >= 11 is 6.63. The highest BCUT2D eigenvalue weighted by molar-refractivity contribution is 6.30. The summed E-state index contributed by atoms with van der Waals surface area (Å²) in [6, 6.07) is 0. The Kier molecular flexibility index (Phi) is 4.31. The number of carbonyl (C=O) groups excluding carboxylic acids is 1. The highest BCUT2D eigenvalue weighted by Gasteiger charge is 2.48. The van der Waals surface area contributed by atoms with Gasteiger partial charge in [0, 0.05) is 37.2 Å². The molecule has 4 heterocycles. The molecule has 0 unspecified atom stereocenters. The number of hydrogen-bond acceptors (Lipinski definition) is 7. The minimum absolute atomic E-state index is 0.171. The minimum Gasteiger partial charge on any atom is -0.380 e. The van der Waals surface area contributed by atoms with Gasteiger partial charge in [-0.3, -0.25) is 4.79 Å². The van der Waals surface area contributed by atoms with E-state index >= 15 is 0 Å². The van der Waals surface area contributed by atoms with Crippen molar-refractivity contribution in [3.05, 3.63) is 27.7 Å². The third-order valence-corrected chi connectivity index (χ3v) is 7.91. The summed E-state index contributed by atoms with van der Waals surface area (Å²) in [5.74, 6) is 1.38. The number of rotatable bonds is 1. The molecular formula is C22H25ClN4O3. The van der Waals surface area contributed by atoms with Gasteiger partial charge in [0.25, 0.3) is 0 Å². The second-order valence-electron chi connectivity index (χ2n) is 9.26. The van der Waals surface area contributed by atoms with E-state index in [1.807, 2.05) is 0 Å². The largest absolute Gasteiger partial charge is 0.380 e. The first-order chi connectivity index (χ1) is 14.6. The molecule has 0 aromatic carbocycles. The Morgan fingerprint density at radius 3 is 2.73 bits per heavy atom. The summed E-state index contributed by atoms with van der Waals surface area (Å²) in [5.41, 5.74) is 3.10. The van der Waals surface area contributed by atoms with Gasteiger partial charge in [-0.2, -0.15) is 0 Å². The highest BCUT2D eigenvalue weighted by Crippen LogP contribution is 2.47. The van der Waals surface area contributed by atoms with E-state index < -0.39 is 5.41 Å². The molecule has 2 spiro atoms. The van der Waals surface area contributed by atoms with Crippen molar-refractivity contribution < 1.29 is 14.1 Å². The molecule has 1 saturated carbocycles. The van der Waals surface area contributed by atoms with E-state index in [4.69, 9.17) is 25.8 Å². The van der Waals surface area contributed by atoms with Gasteiger partial charge >= 0.3 is 0 Å². The quantitative estimate of drug-likeness (QED) is 0.697. The summed E-state index contributed by atoms with van der Waals surface area (Å²) in [4.78, 5) is 22.5. The third kappa shape index (κ3) is 2.58. The van der Waals surface area contributed by atoms with Crippen LogP contribution in [0.25, 0.3) is 11.6 Å². The van der Waals surface area contributed by atoms with Crippen LogP contribution in [0.3, 0.4) is 0 Å². The fourth-order valence-electron chi connectivity index (χ4n) is 5.98. The summed E-state index contributed by atoms with van der Waals surface area (Å²) in [6.07, 6.45) is 7.09. The molecule has 2 aromatic rings. The van der Waals surface area contributed by atoms with Crippen LogP contribution in [0, 0.1) is 0 Å². The summed E-state index contributed by atoms with van der Waals surface area (Å²) in [5, 5.41) is 8.34. The van der Waals surface area contributed by atoms with Crippen molar-refractivity contribution in [2.75, 3.05) is 19.8 Å². The lowest BCUT2D eigenvalue weighted by atomic mass is 9.64. The van der Waals surface area contributed by atoms with Crippen LogP contribution in [0.15, 0.2) is 4.52 Å². The smallest absolute Gasteiger partial charge is 0.207 e. The monoisotopic (exact) mass is 428 g/mol. The van der Waals surface area contributed by atoms with E-state index in [0.29, 0.717) is 42.1 Å². The van der Waals surface area contributed by atoms with E-state index in [9.17, 15) is 4.79 Å². The molecule has 0 bridgehead atoms. The predicted molar refractivity (Wildman–Crippen MR) is 109 cm³/mol. The van der Waals surface area contributed by atoms with Gasteiger partial charge in [-0.15, -0.1) is 0 Å². The van der Waals surface area contributed by atoms with Crippen molar-refractivity contribution >= 4 is 17.4 Å². The number of ether oxygens (including phenoxy) is 1. The molecule has 6 rings (SSSR count). The predicted octanol–water partition coefficient (Wildman–Crippen LogP) is 3.26. The van der Waals surface area contributed by atoms with Crippen LogP contribution in [0.2, 0.25) is 5.15 Å². The van der Waals surface area contributed by atoms with Crippen LogP contribution in [0.4, 0.5) is 0 Å². The summed E-state index contributed by atoms with van der Waals surface area (Å²) < 4.78 is 11.6. The molecule has 1 saturated heterocycles. The van der Waals surface area contributed by atoms with Gasteiger partial charge in [0.2, 0.25) is 11.6 Å². The fraction of sp³-hybridized carbons (Fsp3) is 0.636. The Hall–Kier alpha value is -1.83. The molecule has 2 atom stereocenters. The maximum absolute atomic E-state index is 12.9. The van der Waals surface area contributed by atoms with Crippen LogP contribution in [-0.2, 0) is 33.3 Å². The number of carbonyl (C=O) groups is 1. The van der Waals surface area contributed by atoms with Gasteiger partial charge in [0.15, 0.2) is 0 Å². The standard InChI is InChI=1S/C22H25ClN4O3/c23-19-14-10-24-11-21(8-9-29-12-21)17(14)25-20(26-19)16-13-4-3-7-22(18(13)27-30-16)6-2-1-5-15(22)28/h24H,1-12H2/t21-,22+/m0/s1. The van der Waals surface area contributed by atoms with Crippen LogP contribution >= 0.6 is 11.6 Å². The first-order valence-corrected chi connectivity index (χ1v) is 11.4. The van der Waals surface area contributed by atoms with Crippen molar-refractivity contribution in [2.45, 2.75) is 68.7 Å². The van der Waals surface area contributed by atoms with Crippen LogP contribution in [0.5, 0.6) is 0 Å². The molecule has 2 aliphatic heterocycles. The van der Waals surface area contributed by atoms with E-state index in [0.717, 1.165) is 80.6 Å². The first kappa shape index (κ1) is 18.9. The van der Waals surface area contributed by atoms with Crippen LogP contribution < -0.4 is 5.32 Å². The Bertz CT molecular complexity index is 1030. The SMILES string of the molecule is O=C1CCCC[C@@]12CCCc1c2noc1-c1nc(Cl)c2c(n1)[C@@]1(CCOC1)CNC2. The van der Waals surface area contributed by atoms with E-state index in [2.05, 4.69) is 15.5 Å². The third-order valence-electron chi connectivity index (χ3n) is 7.59. The number of nitrogens with one attached hydrogen (secondary N) is 1. The maximum atomic E-state index is 12.9. The minimum atomic E-state index is -0.476. The van der Waals surface area contributed by atoms with Crippen molar-refractivity contribution in [3.8, 4) is 11.6 Å². The molecule has 2 fully saturated rings. The van der Waals surface area contributed by atoms with Gasteiger partial charge in [0.05, 0.1) is 23.1 Å². The Morgan fingerprint density at radius 1 is 1.00 bits per heavy atom. The molecule has 2 aromatic heterocycles. The number of Topliss-reactive ketones (excluding diaryl/α,β-unsaturated/α-hetero) is 1. The number of nitrogens with zero attached hydrogens (tertiary/aromatic N) is 3. The molecular weight excluding hydrogens is 404 g/mol. The van der Waals surface area contributed by atoms with Crippen molar-refractivity contribution in [1.82, 2.24) is 20.4 Å². The first-order valence-electron chi connectivity index (χ1n) is 11.0. The zero-order chi connectivity index (χ0) is 20.3. The Labute approximate surface area is 179 Å². The lowest BCUT2D eigenvalue weighted by molar-refractivity contribution is -0.127. The molecule has 2 aliphatic carbocycles. The number of ketones is 1. The van der Waals surface area contributed by atoms with Crippen LogP contribution in [-0.4, -0.2) is 40.7 Å².